The van der Waals surface area contributed by atoms with Crippen LogP contribution in [0.5, 0.6) is 0 Å². The van der Waals surface area contributed by atoms with Gasteiger partial charge in [0.2, 0.25) is 5.95 Å². The molecule has 4 rings (SSSR count). The fourth-order valence-electron chi connectivity index (χ4n) is 2.85. The van der Waals surface area contributed by atoms with E-state index in [4.69, 9.17) is 0 Å². The Hall–Kier alpha value is -3.54. The van der Waals surface area contributed by atoms with Gasteiger partial charge in [-0.25, -0.2) is 9.97 Å². The third kappa shape index (κ3) is 3.69. The van der Waals surface area contributed by atoms with Gasteiger partial charge in [-0.1, -0.05) is 35.4 Å². The molecule has 2 N–H and O–H groups in total. The molecule has 6 nitrogen and oxygen atoms in total. The van der Waals surface area contributed by atoms with Crippen LogP contribution in [0.25, 0.3) is 11.2 Å². The summed E-state index contributed by atoms with van der Waals surface area (Å²) in [6.45, 7) is 6.19. The van der Waals surface area contributed by atoms with E-state index in [9.17, 15) is 0 Å². The number of rotatable bonds is 4. The SMILES string of the molecule is Cc1ccc(Nc2nc(Nc3ccc(C)cc3C)nc3nccnc23)cc1. The van der Waals surface area contributed by atoms with Crippen molar-refractivity contribution in [3.05, 3.63) is 71.5 Å². The predicted octanol–water partition coefficient (Wildman–Crippen LogP) is 4.83. The standard InChI is InChI=1S/C21H20N6/c1-13-4-7-16(8-5-13)24-20-18-19(23-11-10-22-18)26-21(27-20)25-17-9-6-14(2)12-15(17)3/h4-12H,1-3H3,(H2,23,24,25,26,27). The van der Waals surface area contributed by atoms with Crippen molar-refractivity contribution in [3.63, 3.8) is 0 Å². The summed E-state index contributed by atoms with van der Waals surface area (Å²) in [6.07, 6.45) is 3.27. The van der Waals surface area contributed by atoms with Crippen LogP contribution in [0.2, 0.25) is 0 Å². The minimum Gasteiger partial charge on any atom is -0.338 e. The Morgan fingerprint density at radius 3 is 2.26 bits per heavy atom. The molecule has 27 heavy (non-hydrogen) atoms. The largest absolute Gasteiger partial charge is 0.338 e. The lowest BCUT2D eigenvalue weighted by Gasteiger charge is -2.12. The summed E-state index contributed by atoms with van der Waals surface area (Å²) in [4.78, 5) is 17.9. The molecule has 134 valence electrons. The van der Waals surface area contributed by atoms with Crippen LogP contribution < -0.4 is 10.6 Å². The fraction of sp³-hybridized carbons (Fsp3) is 0.143. The first-order valence-electron chi connectivity index (χ1n) is 8.75. The second-order valence-corrected chi connectivity index (χ2v) is 6.56. The highest BCUT2D eigenvalue weighted by molar-refractivity contribution is 5.86. The van der Waals surface area contributed by atoms with E-state index in [1.807, 2.05) is 30.3 Å². The number of fused-ring (bicyclic) bond motifs is 1. The summed E-state index contributed by atoms with van der Waals surface area (Å²) < 4.78 is 0. The first-order chi connectivity index (χ1) is 13.1. The van der Waals surface area contributed by atoms with E-state index < -0.39 is 0 Å². The molecule has 0 spiro atoms. The number of nitrogens with one attached hydrogen (secondary N) is 2. The average molecular weight is 356 g/mol. The minimum absolute atomic E-state index is 0.476. The van der Waals surface area contributed by atoms with Crippen LogP contribution in [-0.2, 0) is 0 Å². The number of aryl methyl sites for hydroxylation is 3. The summed E-state index contributed by atoms with van der Waals surface area (Å²) in [6, 6.07) is 14.3. The quantitative estimate of drug-likeness (QED) is 0.545. The van der Waals surface area contributed by atoms with Crippen molar-refractivity contribution in [2.24, 2.45) is 0 Å². The molecule has 0 aliphatic rings. The lowest BCUT2D eigenvalue weighted by molar-refractivity contribution is 1.14. The number of anilines is 4. The predicted molar refractivity (Wildman–Crippen MR) is 109 cm³/mol. The van der Waals surface area contributed by atoms with Crippen LogP contribution in [0.3, 0.4) is 0 Å². The molecule has 0 saturated heterocycles. The molecule has 0 radical (unpaired) electrons. The Bertz CT molecular complexity index is 1110. The van der Waals surface area contributed by atoms with Crippen LogP contribution in [0.4, 0.5) is 23.1 Å². The topological polar surface area (TPSA) is 75.6 Å². The lowest BCUT2D eigenvalue weighted by atomic mass is 10.1. The van der Waals surface area contributed by atoms with Gasteiger partial charge in [0.1, 0.15) is 0 Å². The van der Waals surface area contributed by atoms with Gasteiger partial charge in [0.15, 0.2) is 17.0 Å². The third-order valence-corrected chi connectivity index (χ3v) is 4.28. The summed E-state index contributed by atoms with van der Waals surface area (Å²) in [5, 5.41) is 6.63. The minimum atomic E-state index is 0.476. The zero-order valence-corrected chi connectivity index (χ0v) is 15.5. The van der Waals surface area contributed by atoms with Crippen molar-refractivity contribution >= 4 is 34.3 Å². The summed E-state index contributed by atoms with van der Waals surface area (Å²) in [7, 11) is 0. The Labute approximate surface area is 157 Å². The van der Waals surface area contributed by atoms with E-state index >= 15 is 0 Å². The Morgan fingerprint density at radius 1 is 0.741 bits per heavy atom. The summed E-state index contributed by atoms with van der Waals surface area (Å²) in [5.74, 6) is 1.09. The van der Waals surface area contributed by atoms with Crippen molar-refractivity contribution in [2.45, 2.75) is 20.8 Å². The molecule has 4 aromatic rings. The number of nitrogens with zero attached hydrogens (tertiary/aromatic N) is 4. The molecule has 0 aliphatic heterocycles. The Morgan fingerprint density at radius 2 is 1.48 bits per heavy atom. The van der Waals surface area contributed by atoms with E-state index in [-0.39, 0.29) is 0 Å². The molecule has 0 unspecified atom stereocenters. The molecule has 0 atom stereocenters. The first-order valence-corrected chi connectivity index (χ1v) is 8.75. The molecule has 0 fully saturated rings. The van der Waals surface area contributed by atoms with Gasteiger partial charge in [0.05, 0.1) is 0 Å². The highest BCUT2D eigenvalue weighted by Gasteiger charge is 2.11. The molecule has 2 aromatic carbocycles. The van der Waals surface area contributed by atoms with Gasteiger partial charge in [-0.05, 0) is 44.5 Å². The van der Waals surface area contributed by atoms with E-state index in [1.54, 1.807) is 12.4 Å². The maximum absolute atomic E-state index is 4.64. The van der Waals surface area contributed by atoms with E-state index in [1.165, 1.54) is 11.1 Å². The molecular weight excluding hydrogens is 336 g/mol. The van der Waals surface area contributed by atoms with E-state index in [0.29, 0.717) is 22.9 Å². The van der Waals surface area contributed by atoms with E-state index in [0.717, 1.165) is 16.9 Å². The van der Waals surface area contributed by atoms with Crippen molar-refractivity contribution in [2.75, 3.05) is 10.6 Å². The number of aromatic nitrogens is 4. The highest BCUT2D eigenvalue weighted by Crippen LogP contribution is 2.25. The van der Waals surface area contributed by atoms with Gasteiger partial charge in [-0.2, -0.15) is 9.97 Å². The summed E-state index contributed by atoms with van der Waals surface area (Å²) in [5.41, 5.74) is 6.61. The van der Waals surface area contributed by atoms with Gasteiger partial charge >= 0.3 is 0 Å². The number of hydrogen-bond acceptors (Lipinski definition) is 6. The van der Waals surface area contributed by atoms with Crippen LogP contribution in [0.1, 0.15) is 16.7 Å². The third-order valence-electron chi connectivity index (χ3n) is 4.28. The molecule has 0 aliphatic carbocycles. The normalized spacial score (nSPS) is 10.8. The number of benzene rings is 2. The van der Waals surface area contributed by atoms with Gasteiger partial charge in [0.25, 0.3) is 0 Å². The van der Waals surface area contributed by atoms with Crippen molar-refractivity contribution in [3.8, 4) is 0 Å². The van der Waals surface area contributed by atoms with Gasteiger partial charge in [-0.15, -0.1) is 0 Å². The molecule has 2 heterocycles. The van der Waals surface area contributed by atoms with Gasteiger partial charge in [-0.3, -0.25) is 0 Å². The molecule has 0 amide bonds. The van der Waals surface area contributed by atoms with Crippen LogP contribution in [0, 0.1) is 20.8 Å². The maximum Gasteiger partial charge on any atom is 0.231 e. The first kappa shape index (κ1) is 16.9. The monoisotopic (exact) mass is 356 g/mol. The fourth-order valence-corrected chi connectivity index (χ4v) is 2.85. The second-order valence-electron chi connectivity index (χ2n) is 6.56. The van der Waals surface area contributed by atoms with Gasteiger partial charge in [0, 0.05) is 23.8 Å². The maximum atomic E-state index is 4.64. The Balaban J connectivity index is 1.74. The van der Waals surface area contributed by atoms with Crippen LogP contribution in [-0.4, -0.2) is 19.9 Å². The molecule has 2 aromatic heterocycles. The molecular formula is C21H20N6. The zero-order valence-electron chi connectivity index (χ0n) is 15.5. The second kappa shape index (κ2) is 6.99. The Kier molecular flexibility index (Phi) is 4.38. The smallest absolute Gasteiger partial charge is 0.231 e. The van der Waals surface area contributed by atoms with Crippen molar-refractivity contribution < 1.29 is 0 Å². The van der Waals surface area contributed by atoms with Crippen LogP contribution >= 0.6 is 0 Å². The lowest BCUT2D eigenvalue weighted by Crippen LogP contribution is -2.04. The van der Waals surface area contributed by atoms with Gasteiger partial charge < -0.3 is 10.6 Å². The van der Waals surface area contributed by atoms with Crippen molar-refractivity contribution in [1.82, 2.24) is 19.9 Å². The molecule has 6 heteroatoms. The summed E-state index contributed by atoms with van der Waals surface area (Å²) >= 11 is 0. The van der Waals surface area contributed by atoms with Crippen LogP contribution in [0.15, 0.2) is 54.9 Å². The molecule has 0 saturated carbocycles. The average Bonchev–Trinajstić information content (AvgIpc) is 2.66. The van der Waals surface area contributed by atoms with Crippen molar-refractivity contribution in [1.29, 1.82) is 0 Å². The zero-order chi connectivity index (χ0) is 18.8. The highest BCUT2D eigenvalue weighted by atomic mass is 15.2. The molecule has 0 bridgehead atoms. The van der Waals surface area contributed by atoms with E-state index in [2.05, 4.69) is 63.5 Å². The number of hydrogen-bond donors (Lipinski definition) is 2.